The van der Waals surface area contributed by atoms with Crippen LogP contribution in [0.25, 0.3) is 0 Å². The number of hydrogen-bond donors (Lipinski definition) is 1. The minimum atomic E-state index is -0.471. The predicted octanol–water partition coefficient (Wildman–Crippen LogP) is 4.05. The molecule has 1 N–H and O–H groups in total. The third-order valence-electron chi connectivity index (χ3n) is 6.43. The van der Waals surface area contributed by atoms with Crippen molar-refractivity contribution in [2.75, 3.05) is 18.6 Å². The van der Waals surface area contributed by atoms with Gasteiger partial charge in [-0.15, -0.1) is 0 Å². The largest absolute Gasteiger partial charge is 0.494 e. The summed E-state index contributed by atoms with van der Waals surface area (Å²) in [4.78, 5) is 54.0. The number of fused-ring (bicyclic) bond motifs is 1. The molecule has 8 heteroatoms. The first kappa shape index (κ1) is 24.2. The van der Waals surface area contributed by atoms with Crippen molar-refractivity contribution in [2.24, 2.45) is 0 Å². The summed E-state index contributed by atoms with van der Waals surface area (Å²) in [6, 6.07) is 18.7. The molecule has 2 aliphatic rings. The van der Waals surface area contributed by atoms with Crippen LogP contribution in [0.4, 0.5) is 5.69 Å². The van der Waals surface area contributed by atoms with Crippen LogP contribution in [0, 0.1) is 0 Å². The number of imide groups is 1. The van der Waals surface area contributed by atoms with E-state index in [4.69, 9.17) is 4.74 Å². The number of carbonyl (C=O) groups is 4. The summed E-state index contributed by atoms with van der Waals surface area (Å²) in [7, 11) is 1.67. The van der Waals surface area contributed by atoms with Crippen molar-refractivity contribution in [3.05, 3.63) is 94.5 Å². The van der Waals surface area contributed by atoms with Gasteiger partial charge in [0.05, 0.1) is 23.4 Å². The van der Waals surface area contributed by atoms with Gasteiger partial charge in [-0.05, 0) is 79.9 Å². The summed E-state index contributed by atoms with van der Waals surface area (Å²) >= 11 is 0. The van der Waals surface area contributed by atoms with Crippen molar-refractivity contribution in [1.82, 2.24) is 10.2 Å². The normalized spacial score (nSPS) is 14.4. The number of nitrogens with zero attached hydrogens (tertiary/aromatic N) is 2. The Kier molecular flexibility index (Phi) is 6.48. The molecule has 1 heterocycles. The van der Waals surface area contributed by atoms with Gasteiger partial charge in [0, 0.05) is 30.8 Å². The summed E-state index contributed by atoms with van der Waals surface area (Å²) in [6.07, 6.45) is 2.05. The molecular formula is C29H27N3O5. The average Bonchev–Trinajstić information content (AvgIpc) is 3.69. The lowest BCUT2D eigenvalue weighted by atomic mass is 10.0. The van der Waals surface area contributed by atoms with Gasteiger partial charge in [0.2, 0.25) is 0 Å². The molecule has 0 atom stereocenters. The second-order valence-electron chi connectivity index (χ2n) is 9.24. The Labute approximate surface area is 214 Å². The summed E-state index contributed by atoms with van der Waals surface area (Å²) in [5.41, 5.74) is 2.67. The third-order valence-corrected chi connectivity index (χ3v) is 6.43. The topological polar surface area (TPSA) is 96.0 Å². The smallest absolute Gasteiger partial charge is 0.266 e. The Bertz CT molecular complexity index is 1380. The third kappa shape index (κ3) is 4.95. The van der Waals surface area contributed by atoms with Crippen molar-refractivity contribution in [2.45, 2.75) is 32.4 Å². The number of amides is 4. The molecule has 8 nitrogen and oxygen atoms in total. The maximum absolute atomic E-state index is 13.1. The zero-order valence-electron chi connectivity index (χ0n) is 20.7. The van der Waals surface area contributed by atoms with E-state index in [1.54, 1.807) is 49.5 Å². The Morgan fingerprint density at radius 2 is 1.57 bits per heavy atom. The molecule has 188 valence electrons. The Morgan fingerprint density at radius 1 is 0.919 bits per heavy atom. The quantitative estimate of drug-likeness (QED) is 0.474. The van der Waals surface area contributed by atoms with Crippen LogP contribution >= 0.6 is 0 Å². The number of nitrogens with one attached hydrogen (secondary N) is 1. The average molecular weight is 498 g/mol. The van der Waals surface area contributed by atoms with Crippen LogP contribution in [0.5, 0.6) is 5.75 Å². The zero-order valence-corrected chi connectivity index (χ0v) is 20.7. The maximum atomic E-state index is 13.1. The standard InChI is InChI=1S/C29H27N3O5/c1-3-37-23-13-11-22(12-14-23)32-28(35)24-15-8-20(16-25(24)29(32)36)27(34)31(2)17-18-4-6-19(7-5-18)26(33)30-21-9-10-21/h4-8,11-16,21H,3,9-10,17H2,1-2H3,(H,30,33). The van der Waals surface area contributed by atoms with E-state index < -0.39 is 11.8 Å². The van der Waals surface area contributed by atoms with E-state index in [1.807, 2.05) is 19.1 Å². The highest BCUT2D eigenvalue weighted by Crippen LogP contribution is 2.30. The number of benzene rings is 3. The lowest BCUT2D eigenvalue weighted by molar-refractivity contribution is 0.0784. The van der Waals surface area contributed by atoms with Crippen molar-refractivity contribution in [1.29, 1.82) is 0 Å². The summed E-state index contributed by atoms with van der Waals surface area (Å²) in [6.45, 7) is 2.72. The first-order valence-electron chi connectivity index (χ1n) is 12.3. The monoisotopic (exact) mass is 497 g/mol. The Morgan fingerprint density at radius 3 is 2.22 bits per heavy atom. The van der Waals surface area contributed by atoms with E-state index in [2.05, 4.69) is 5.32 Å². The number of rotatable bonds is 8. The predicted molar refractivity (Wildman–Crippen MR) is 138 cm³/mol. The van der Waals surface area contributed by atoms with Gasteiger partial charge in [0.25, 0.3) is 23.6 Å². The summed E-state index contributed by atoms with van der Waals surface area (Å²) in [5.74, 6) is -0.618. The van der Waals surface area contributed by atoms with Gasteiger partial charge < -0.3 is 15.0 Å². The van der Waals surface area contributed by atoms with Crippen molar-refractivity contribution in [3.63, 3.8) is 0 Å². The molecule has 1 aliphatic heterocycles. The highest BCUT2D eigenvalue weighted by Gasteiger charge is 2.37. The van der Waals surface area contributed by atoms with Gasteiger partial charge in [0.1, 0.15) is 5.75 Å². The molecule has 4 amide bonds. The molecule has 3 aromatic carbocycles. The maximum Gasteiger partial charge on any atom is 0.266 e. The minimum Gasteiger partial charge on any atom is -0.494 e. The van der Waals surface area contributed by atoms with E-state index in [0.29, 0.717) is 41.8 Å². The van der Waals surface area contributed by atoms with Crippen LogP contribution < -0.4 is 15.0 Å². The van der Waals surface area contributed by atoms with Crippen LogP contribution in [0.15, 0.2) is 66.7 Å². The first-order chi connectivity index (χ1) is 17.9. The SMILES string of the molecule is CCOc1ccc(N2C(=O)c3ccc(C(=O)N(C)Cc4ccc(C(=O)NC5CC5)cc4)cc3C2=O)cc1. The van der Waals surface area contributed by atoms with Gasteiger partial charge in [-0.2, -0.15) is 0 Å². The van der Waals surface area contributed by atoms with Crippen LogP contribution in [0.2, 0.25) is 0 Å². The molecular weight excluding hydrogens is 470 g/mol. The minimum absolute atomic E-state index is 0.0879. The Balaban J connectivity index is 1.28. The zero-order chi connectivity index (χ0) is 26.1. The van der Waals surface area contributed by atoms with Gasteiger partial charge >= 0.3 is 0 Å². The lowest BCUT2D eigenvalue weighted by Gasteiger charge is -2.18. The van der Waals surface area contributed by atoms with E-state index in [1.165, 1.54) is 17.0 Å². The van der Waals surface area contributed by atoms with Crippen LogP contribution in [0.1, 0.15) is 66.8 Å². The molecule has 0 radical (unpaired) electrons. The molecule has 1 saturated carbocycles. The van der Waals surface area contributed by atoms with Gasteiger partial charge in [-0.1, -0.05) is 12.1 Å². The molecule has 3 aromatic rings. The fourth-order valence-electron chi connectivity index (χ4n) is 4.29. The molecule has 1 aliphatic carbocycles. The Hall–Kier alpha value is -4.46. The highest BCUT2D eigenvalue weighted by atomic mass is 16.5. The second kappa shape index (κ2) is 9.89. The number of ether oxygens (including phenoxy) is 1. The van der Waals surface area contributed by atoms with Gasteiger partial charge in [0.15, 0.2) is 0 Å². The van der Waals surface area contributed by atoms with E-state index >= 15 is 0 Å². The molecule has 0 unspecified atom stereocenters. The lowest BCUT2D eigenvalue weighted by Crippen LogP contribution is -2.29. The van der Waals surface area contributed by atoms with Crippen LogP contribution in [0.3, 0.4) is 0 Å². The van der Waals surface area contributed by atoms with Crippen molar-refractivity contribution >= 4 is 29.3 Å². The van der Waals surface area contributed by atoms with Crippen LogP contribution in [-0.4, -0.2) is 48.2 Å². The van der Waals surface area contributed by atoms with E-state index in [0.717, 1.165) is 23.3 Å². The number of anilines is 1. The molecule has 0 spiro atoms. The number of hydrogen-bond acceptors (Lipinski definition) is 5. The van der Waals surface area contributed by atoms with Crippen molar-refractivity contribution < 1.29 is 23.9 Å². The molecule has 37 heavy (non-hydrogen) atoms. The second-order valence-corrected chi connectivity index (χ2v) is 9.24. The molecule has 0 saturated heterocycles. The number of carbonyl (C=O) groups excluding carboxylic acids is 4. The molecule has 5 rings (SSSR count). The van der Waals surface area contributed by atoms with E-state index in [9.17, 15) is 19.2 Å². The fraction of sp³-hybridized carbons (Fsp3) is 0.241. The van der Waals surface area contributed by atoms with Crippen molar-refractivity contribution in [3.8, 4) is 5.75 Å². The molecule has 0 aromatic heterocycles. The van der Waals surface area contributed by atoms with Crippen LogP contribution in [-0.2, 0) is 6.54 Å². The highest BCUT2D eigenvalue weighted by molar-refractivity contribution is 6.34. The fourth-order valence-corrected chi connectivity index (χ4v) is 4.29. The molecule has 0 bridgehead atoms. The summed E-state index contributed by atoms with van der Waals surface area (Å²) in [5, 5.41) is 2.95. The van der Waals surface area contributed by atoms with Gasteiger partial charge in [-0.25, -0.2) is 4.90 Å². The first-order valence-corrected chi connectivity index (χ1v) is 12.3. The van der Waals surface area contributed by atoms with E-state index in [-0.39, 0.29) is 22.9 Å². The molecule has 1 fully saturated rings. The summed E-state index contributed by atoms with van der Waals surface area (Å²) < 4.78 is 5.43. The van der Waals surface area contributed by atoms with Gasteiger partial charge in [-0.3, -0.25) is 19.2 Å².